The van der Waals surface area contributed by atoms with Crippen molar-refractivity contribution in [2.45, 2.75) is 13.5 Å². The molecule has 102 valence electrons. The maximum atomic E-state index is 6.18. The molecule has 7 heteroatoms. The molecule has 19 heavy (non-hydrogen) atoms. The molecule has 0 aliphatic rings. The van der Waals surface area contributed by atoms with Gasteiger partial charge in [-0.3, -0.25) is 4.68 Å². The minimum Gasteiger partial charge on any atom is -0.485 e. The zero-order valence-corrected chi connectivity index (χ0v) is 14.3. The van der Waals surface area contributed by atoms with E-state index in [1.807, 2.05) is 14.0 Å². The highest BCUT2D eigenvalue weighted by Gasteiger charge is 2.14. The molecule has 1 heterocycles. The van der Waals surface area contributed by atoms with E-state index >= 15 is 0 Å². The predicted octanol–water partition coefficient (Wildman–Crippen LogP) is 4.07. The Hall–Kier alpha value is -0.720. The molecule has 0 saturated heterocycles. The summed E-state index contributed by atoms with van der Waals surface area (Å²) in [5.74, 6) is 0.684. The molecular weight excluding hydrogens is 397 g/mol. The van der Waals surface area contributed by atoms with Crippen molar-refractivity contribution < 1.29 is 4.74 Å². The van der Waals surface area contributed by atoms with Crippen molar-refractivity contribution in [3.63, 3.8) is 0 Å². The third-order valence-corrected chi connectivity index (χ3v) is 4.31. The van der Waals surface area contributed by atoms with Gasteiger partial charge in [-0.15, -0.1) is 0 Å². The van der Waals surface area contributed by atoms with Crippen LogP contribution in [0.25, 0.3) is 0 Å². The second-order valence-electron chi connectivity index (χ2n) is 4.07. The van der Waals surface area contributed by atoms with E-state index in [9.17, 15) is 0 Å². The van der Waals surface area contributed by atoms with Gasteiger partial charge in [0.1, 0.15) is 12.4 Å². The predicted molar refractivity (Wildman–Crippen MR) is 83.5 cm³/mol. The number of nitrogens with zero attached hydrogens (tertiary/aromatic N) is 2. The van der Waals surface area contributed by atoms with Gasteiger partial charge in [-0.2, -0.15) is 5.10 Å². The molecule has 0 aliphatic carbocycles. The van der Waals surface area contributed by atoms with Gasteiger partial charge >= 0.3 is 0 Å². The van der Waals surface area contributed by atoms with Crippen LogP contribution in [-0.2, 0) is 13.7 Å². The van der Waals surface area contributed by atoms with Crippen molar-refractivity contribution >= 4 is 49.1 Å². The number of benzene rings is 1. The van der Waals surface area contributed by atoms with Gasteiger partial charge in [0.05, 0.1) is 25.4 Å². The number of aromatic nitrogens is 2. The summed E-state index contributed by atoms with van der Waals surface area (Å²) in [6.07, 6.45) is 0. The van der Waals surface area contributed by atoms with Crippen LogP contribution in [0.5, 0.6) is 5.75 Å². The van der Waals surface area contributed by atoms with Gasteiger partial charge in [0.2, 0.25) is 0 Å². The minimum absolute atomic E-state index is 0.331. The van der Waals surface area contributed by atoms with E-state index in [1.54, 1.807) is 16.8 Å². The van der Waals surface area contributed by atoms with E-state index in [1.165, 1.54) is 0 Å². The molecule has 0 atom stereocenters. The fourth-order valence-corrected chi connectivity index (χ4v) is 3.36. The highest BCUT2D eigenvalue weighted by Crippen LogP contribution is 2.36. The Morgan fingerprint density at radius 2 is 1.95 bits per heavy atom. The number of hydrogen-bond donors (Lipinski definition) is 1. The summed E-state index contributed by atoms with van der Waals surface area (Å²) < 4.78 is 9.08. The van der Waals surface area contributed by atoms with Crippen LogP contribution in [0.3, 0.4) is 0 Å². The van der Waals surface area contributed by atoms with E-state index in [4.69, 9.17) is 22.1 Å². The smallest absolute Gasteiger partial charge is 0.148 e. The maximum absolute atomic E-state index is 6.18. The summed E-state index contributed by atoms with van der Waals surface area (Å²) in [6, 6.07) is 3.58. The molecule has 0 amide bonds. The molecule has 0 aliphatic heterocycles. The zero-order chi connectivity index (χ0) is 14.2. The highest BCUT2D eigenvalue weighted by molar-refractivity contribution is 9.11. The van der Waals surface area contributed by atoms with Crippen LogP contribution in [0.15, 0.2) is 21.1 Å². The van der Waals surface area contributed by atoms with Gasteiger partial charge in [-0.1, -0.05) is 11.6 Å². The summed E-state index contributed by atoms with van der Waals surface area (Å²) in [5.41, 5.74) is 8.01. The summed E-state index contributed by atoms with van der Waals surface area (Å²) in [6.45, 7) is 2.19. The van der Waals surface area contributed by atoms with Gasteiger partial charge < -0.3 is 10.5 Å². The summed E-state index contributed by atoms with van der Waals surface area (Å²) in [5, 5.41) is 4.87. The first-order valence-corrected chi connectivity index (χ1v) is 7.42. The lowest BCUT2D eigenvalue weighted by molar-refractivity contribution is 0.291. The van der Waals surface area contributed by atoms with E-state index in [0.29, 0.717) is 23.1 Å². The number of nitrogens with two attached hydrogens (primary N) is 1. The lowest BCUT2D eigenvalue weighted by atomic mass is 10.3. The van der Waals surface area contributed by atoms with Crippen LogP contribution in [0, 0.1) is 6.92 Å². The van der Waals surface area contributed by atoms with Crippen LogP contribution < -0.4 is 10.5 Å². The Kier molecular flexibility index (Phi) is 4.43. The molecule has 1 aromatic carbocycles. The topological polar surface area (TPSA) is 53.1 Å². The first kappa shape index (κ1) is 14.7. The van der Waals surface area contributed by atoms with E-state index < -0.39 is 0 Å². The standard InChI is InChI=1S/C12H12Br2ClN3O/c1-6-11(15)10(18(2)17-6)5-19-12-8(13)3-7(16)4-9(12)14/h3-4H,5,16H2,1-2H3. The van der Waals surface area contributed by atoms with Gasteiger partial charge in [-0.25, -0.2) is 0 Å². The number of aryl methyl sites for hydroxylation is 2. The van der Waals surface area contributed by atoms with Crippen molar-refractivity contribution in [2.24, 2.45) is 7.05 Å². The minimum atomic E-state index is 0.331. The molecule has 2 N–H and O–H groups in total. The third kappa shape index (κ3) is 3.07. The molecule has 4 nitrogen and oxygen atoms in total. The molecule has 0 unspecified atom stereocenters. The van der Waals surface area contributed by atoms with Gasteiger partial charge in [0, 0.05) is 12.7 Å². The van der Waals surface area contributed by atoms with Gasteiger partial charge in [0.25, 0.3) is 0 Å². The SMILES string of the molecule is Cc1nn(C)c(COc2c(Br)cc(N)cc2Br)c1Cl. The second-order valence-corrected chi connectivity index (χ2v) is 6.16. The summed E-state index contributed by atoms with van der Waals surface area (Å²) in [7, 11) is 1.84. The van der Waals surface area contributed by atoms with Crippen LogP contribution in [-0.4, -0.2) is 9.78 Å². The fourth-order valence-electron chi connectivity index (χ4n) is 1.69. The number of nitrogen functional groups attached to an aromatic ring is 1. The number of rotatable bonds is 3. The van der Waals surface area contributed by atoms with E-state index in [0.717, 1.165) is 20.3 Å². The Bertz CT molecular complexity index is 605. The first-order chi connectivity index (χ1) is 8.90. The lowest BCUT2D eigenvalue weighted by Crippen LogP contribution is -2.04. The van der Waals surface area contributed by atoms with Crippen LogP contribution in [0.4, 0.5) is 5.69 Å². The number of halogens is 3. The molecule has 0 saturated carbocycles. The molecular formula is C12H12Br2ClN3O. The second kappa shape index (κ2) is 5.73. The van der Waals surface area contributed by atoms with Gasteiger partial charge in [-0.05, 0) is 50.9 Å². The first-order valence-electron chi connectivity index (χ1n) is 5.45. The van der Waals surface area contributed by atoms with Crippen molar-refractivity contribution in [2.75, 3.05) is 5.73 Å². The molecule has 2 rings (SSSR count). The molecule has 0 radical (unpaired) electrons. The molecule has 2 aromatic rings. The van der Waals surface area contributed by atoms with Crippen molar-refractivity contribution in [3.05, 3.63) is 37.5 Å². The molecule has 0 bridgehead atoms. The Balaban J connectivity index is 2.24. The van der Waals surface area contributed by atoms with Crippen LogP contribution in [0.2, 0.25) is 5.02 Å². The third-order valence-electron chi connectivity index (χ3n) is 2.64. The average molecular weight is 410 g/mol. The Labute approximate surface area is 133 Å². The Morgan fingerprint density at radius 3 is 2.42 bits per heavy atom. The number of ether oxygens (including phenoxy) is 1. The normalized spacial score (nSPS) is 10.8. The van der Waals surface area contributed by atoms with Crippen LogP contribution >= 0.6 is 43.5 Å². The van der Waals surface area contributed by atoms with Crippen molar-refractivity contribution in [3.8, 4) is 5.75 Å². The molecule has 0 spiro atoms. The maximum Gasteiger partial charge on any atom is 0.148 e. The molecule has 0 fully saturated rings. The lowest BCUT2D eigenvalue weighted by Gasteiger charge is -2.11. The zero-order valence-electron chi connectivity index (χ0n) is 10.4. The van der Waals surface area contributed by atoms with Crippen LogP contribution in [0.1, 0.15) is 11.4 Å². The van der Waals surface area contributed by atoms with Crippen molar-refractivity contribution in [1.82, 2.24) is 9.78 Å². The number of hydrogen-bond acceptors (Lipinski definition) is 3. The monoisotopic (exact) mass is 407 g/mol. The largest absolute Gasteiger partial charge is 0.485 e. The average Bonchev–Trinajstić information content (AvgIpc) is 2.53. The van der Waals surface area contributed by atoms with Gasteiger partial charge in [0.15, 0.2) is 0 Å². The molecule has 1 aromatic heterocycles. The fraction of sp³-hybridized carbons (Fsp3) is 0.250. The summed E-state index contributed by atoms with van der Waals surface area (Å²) in [4.78, 5) is 0. The van der Waals surface area contributed by atoms with E-state index in [-0.39, 0.29) is 0 Å². The number of anilines is 1. The Morgan fingerprint density at radius 1 is 1.37 bits per heavy atom. The van der Waals surface area contributed by atoms with Crippen molar-refractivity contribution in [1.29, 1.82) is 0 Å². The highest BCUT2D eigenvalue weighted by atomic mass is 79.9. The summed E-state index contributed by atoms with van der Waals surface area (Å²) >= 11 is 13.0. The quantitative estimate of drug-likeness (QED) is 0.778. The van der Waals surface area contributed by atoms with E-state index in [2.05, 4.69) is 37.0 Å².